The van der Waals surface area contributed by atoms with E-state index in [1.54, 1.807) is 0 Å². The summed E-state index contributed by atoms with van der Waals surface area (Å²) in [5.41, 5.74) is 7.59. The van der Waals surface area contributed by atoms with Gasteiger partial charge in [0, 0.05) is 22.5 Å². The van der Waals surface area contributed by atoms with E-state index in [-0.39, 0.29) is 11.6 Å². The number of hydrogen-bond donors (Lipinski definition) is 1. The molecule has 3 unspecified atom stereocenters. The molecular formula is C18H26BrNO. The molecule has 1 fully saturated rings. The standard InChI is InChI=1S/C18H26BrNO/c1-12(2)13-4-3-8-18(9-7-13)11-16(20)15-10-14(19)5-6-17(15)21-18/h5-6,10,12-13,16H,3-4,7-9,11,20H2,1-2H3. The predicted octanol–water partition coefficient (Wildman–Crippen LogP) is 5.21. The molecule has 3 heteroatoms. The first-order valence-corrected chi connectivity index (χ1v) is 9.02. The van der Waals surface area contributed by atoms with E-state index in [1.807, 2.05) is 0 Å². The maximum absolute atomic E-state index is 6.49. The molecular weight excluding hydrogens is 326 g/mol. The number of hydrogen-bond acceptors (Lipinski definition) is 2. The second-order valence-electron chi connectivity index (χ2n) is 7.21. The van der Waals surface area contributed by atoms with Crippen LogP contribution in [0.25, 0.3) is 0 Å². The van der Waals surface area contributed by atoms with Gasteiger partial charge >= 0.3 is 0 Å². The molecule has 0 aromatic heterocycles. The fraction of sp³-hybridized carbons (Fsp3) is 0.667. The molecule has 2 N–H and O–H groups in total. The smallest absolute Gasteiger partial charge is 0.124 e. The summed E-state index contributed by atoms with van der Waals surface area (Å²) >= 11 is 3.53. The minimum Gasteiger partial charge on any atom is -0.487 e. The van der Waals surface area contributed by atoms with Crippen LogP contribution in [0, 0.1) is 11.8 Å². The molecule has 1 heterocycles. The Kier molecular flexibility index (Phi) is 4.33. The molecule has 2 nitrogen and oxygen atoms in total. The third-order valence-corrected chi connectivity index (χ3v) is 5.90. The van der Waals surface area contributed by atoms with Crippen LogP contribution in [0.5, 0.6) is 5.75 Å². The van der Waals surface area contributed by atoms with Crippen LogP contribution in [0.15, 0.2) is 22.7 Å². The highest BCUT2D eigenvalue weighted by Crippen LogP contribution is 2.46. The summed E-state index contributed by atoms with van der Waals surface area (Å²) in [6.45, 7) is 4.70. The van der Waals surface area contributed by atoms with E-state index in [2.05, 4.69) is 48.0 Å². The fourth-order valence-corrected chi connectivity index (χ4v) is 4.44. The van der Waals surface area contributed by atoms with Gasteiger partial charge in [-0.25, -0.2) is 0 Å². The van der Waals surface area contributed by atoms with E-state index in [0.29, 0.717) is 0 Å². The molecule has 1 saturated carbocycles. The molecule has 116 valence electrons. The number of nitrogens with two attached hydrogens (primary N) is 1. The first-order chi connectivity index (χ1) is 9.99. The van der Waals surface area contributed by atoms with Gasteiger partial charge in [0.1, 0.15) is 11.4 Å². The lowest BCUT2D eigenvalue weighted by Gasteiger charge is -2.41. The normalized spacial score (nSPS) is 32.6. The van der Waals surface area contributed by atoms with Crippen LogP contribution < -0.4 is 10.5 Å². The first kappa shape index (κ1) is 15.4. The molecule has 0 saturated heterocycles. The van der Waals surface area contributed by atoms with E-state index >= 15 is 0 Å². The molecule has 3 rings (SSSR count). The van der Waals surface area contributed by atoms with Crippen LogP contribution in [-0.4, -0.2) is 5.60 Å². The molecule has 3 atom stereocenters. The van der Waals surface area contributed by atoms with E-state index in [4.69, 9.17) is 10.5 Å². The summed E-state index contributed by atoms with van der Waals surface area (Å²) in [5.74, 6) is 2.62. The van der Waals surface area contributed by atoms with Gasteiger partial charge in [0.15, 0.2) is 0 Å². The van der Waals surface area contributed by atoms with Crippen molar-refractivity contribution < 1.29 is 4.74 Å². The molecule has 1 aromatic rings. The molecule has 21 heavy (non-hydrogen) atoms. The summed E-state index contributed by atoms with van der Waals surface area (Å²) in [6, 6.07) is 6.34. The van der Waals surface area contributed by atoms with Crippen molar-refractivity contribution in [3.05, 3.63) is 28.2 Å². The summed E-state index contributed by atoms with van der Waals surface area (Å²) in [7, 11) is 0. The van der Waals surface area contributed by atoms with E-state index in [9.17, 15) is 0 Å². The third-order valence-electron chi connectivity index (χ3n) is 5.41. The zero-order chi connectivity index (χ0) is 15.0. The molecule has 1 aliphatic heterocycles. The Balaban J connectivity index is 1.82. The molecule has 0 bridgehead atoms. The van der Waals surface area contributed by atoms with Gasteiger partial charge in [0.2, 0.25) is 0 Å². The van der Waals surface area contributed by atoms with Crippen LogP contribution in [0.2, 0.25) is 0 Å². The summed E-state index contributed by atoms with van der Waals surface area (Å²) < 4.78 is 7.57. The van der Waals surface area contributed by atoms with Gasteiger partial charge in [-0.1, -0.05) is 36.2 Å². The Morgan fingerprint density at radius 2 is 2.10 bits per heavy atom. The maximum Gasteiger partial charge on any atom is 0.124 e. The van der Waals surface area contributed by atoms with Gasteiger partial charge in [0.05, 0.1) is 0 Å². The number of ether oxygens (including phenoxy) is 1. The quantitative estimate of drug-likeness (QED) is 0.753. The Labute approximate surface area is 136 Å². The molecule has 0 amide bonds. The average molecular weight is 352 g/mol. The lowest BCUT2D eigenvalue weighted by atomic mass is 9.81. The van der Waals surface area contributed by atoms with Gasteiger partial charge in [-0.05, 0) is 55.7 Å². The monoisotopic (exact) mass is 351 g/mol. The molecule has 1 aliphatic carbocycles. The van der Waals surface area contributed by atoms with Crippen molar-refractivity contribution in [2.45, 2.75) is 64.0 Å². The SMILES string of the molecule is CC(C)C1CCCC2(CC1)CC(N)c1cc(Br)ccc1O2. The highest BCUT2D eigenvalue weighted by Gasteiger charge is 2.41. The second kappa shape index (κ2) is 5.92. The van der Waals surface area contributed by atoms with Crippen molar-refractivity contribution in [2.75, 3.05) is 0 Å². The molecule has 1 spiro atoms. The largest absolute Gasteiger partial charge is 0.487 e. The zero-order valence-electron chi connectivity index (χ0n) is 13.1. The predicted molar refractivity (Wildman–Crippen MR) is 90.5 cm³/mol. The highest BCUT2D eigenvalue weighted by atomic mass is 79.9. The Morgan fingerprint density at radius 3 is 2.86 bits per heavy atom. The van der Waals surface area contributed by atoms with Crippen LogP contribution in [0.4, 0.5) is 0 Å². The average Bonchev–Trinajstić information content (AvgIpc) is 2.63. The number of benzene rings is 1. The number of fused-ring (bicyclic) bond motifs is 1. The Hall–Kier alpha value is -0.540. The summed E-state index contributed by atoms with van der Waals surface area (Å²) in [4.78, 5) is 0. The molecule has 2 aliphatic rings. The van der Waals surface area contributed by atoms with Gasteiger partial charge in [-0.15, -0.1) is 0 Å². The molecule has 0 radical (unpaired) electrons. The van der Waals surface area contributed by atoms with Crippen LogP contribution in [0.3, 0.4) is 0 Å². The van der Waals surface area contributed by atoms with Crippen molar-refractivity contribution in [3.63, 3.8) is 0 Å². The van der Waals surface area contributed by atoms with Crippen molar-refractivity contribution in [1.29, 1.82) is 0 Å². The number of rotatable bonds is 1. The number of halogens is 1. The zero-order valence-corrected chi connectivity index (χ0v) is 14.7. The first-order valence-electron chi connectivity index (χ1n) is 8.23. The lowest BCUT2D eigenvalue weighted by molar-refractivity contribution is 0.0198. The lowest BCUT2D eigenvalue weighted by Crippen LogP contribution is -2.42. The minimum absolute atomic E-state index is 0.0239. The van der Waals surface area contributed by atoms with Crippen LogP contribution in [-0.2, 0) is 0 Å². The van der Waals surface area contributed by atoms with E-state index < -0.39 is 0 Å². The van der Waals surface area contributed by atoms with Crippen molar-refractivity contribution >= 4 is 15.9 Å². The van der Waals surface area contributed by atoms with Crippen LogP contribution in [0.1, 0.15) is 64.0 Å². The van der Waals surface area contributed by atoms with Gasteiger partial charge in [-0.2, -0.15) is 0 Å². The third kappa shape index (κ3) is 3.14. The van der Waals surface area contributed by atoms with Crippen molar-refractivity contribution in [3.8, 4) is 5.75 Å². The van der Waals surface area contributed by atoms with Crippen molar-refractivity contribution in [1.82, 2.24) is 0 Å². The summed E-state index contributed by atoms with van der Waals surface area (Å²) in [6.07, 6.45) is 7.14. The van der Waals surface area contributed by atoms with Crippen molar-refractivity contribution in [2.24, 2.45) is 17.6 Å². The topological polar surface area (TPSA) is 35.2 Å². The minimum atomic E-state index is -0.0239. The maximum atomic E-state index is 6.49. The molecule has 1 aromatic carbocycles. The van der Waals surface area contributed by atoms with E-state index in [0.717, 1.165) is 46.9 Å². The fourth-order valence-electron chi connectivity index (χ4n) is 4.06. The Morgan fingerprint density at radius 1 is 1.29 bits per heavy atom. The Bertz CT molecular complexity index is 516. The van der Waals surface area contributed by atoms with Gasteiger partial charge in [0.25, 0.3) is 0 Å². The van der Waals surface area contributed by atoms with E-state index in [1.165, 1.54) is 19.3 Å². The van der Waals surface area contributed by atoms with Gasteiger partial charge < -0.3 is 10.5 Å². The van der Waals surface area contributed by atoms with Crippen LogP contribution >= 0.6 is 15.9 Å². The summed E-state index contributed by atoms with van der Waals surface area (Å²) in [5, 5.41) is 0. The second-order valence-corrected chi connectivity index (χ2v) is 8.13. The highest BCUT2D eigenvalue weighted by molar-refractivity contribution is 9.10. The van der Waals surface area contributed by atoms with Gasteiger partial charge in [-0.3, -0.25) is 0 Å².